The Bertz CT molecular complexity index is 2130. The zero-order valence-electron chi connectivity index (χ0n) is 28.3. The van der Waals surface area contributed by atoms with E-state index in [0.717, 1.165) is 31.4 Å². The van der Waals surface area contributed by atoms with E-state index in [0.29, 0.717) is 0 Å². The molecule has 0 unspecified atom stereocenters. The Morgan fingerprint density at radius 1 is 0.766 bits per heavy atom. The van der Waals surface area contributed by atoms with Gasteiger partial charge in [-0.25, -0.2) is 0 Å². The first kappa shape index (κ1) is 34.7. The number of aliphatic hydroxyl groups is 1. The van der Waals surface area contributed by atoms with Crippen molar-refractivity contribution in [2.75, 3.05) is 0 Å². The van der Waals surface area contributed by atoms with E-state index in [-0.39, 0.29) is 43.5 Å². The van der Waals surface area contributed by atoms with Crippen molar-refractivity contribution in [1.82, 2.24) is 4.98 Å². The van der Waals surface area contributed by atoms with E-state index in [1.165, 1.54) is 65.1 Å². The van der Waals surface area contributed by atoms with Gasteiger partial charge in [-0.1, -0.05) is 118 Å². The average Bonchev–Trinajstić information content (AvgIpc) is 3.07. The largest absolute Gasteiger partial charge is 0.512 e. The molecule has 0 atom stereocenters. The van der Waals surface area contributed by atoms with Crippen molar-refractivity contribution in [1.29, 1.82) is 0 Å². The first-order valence-electron chi connectivity index (χ1n) is 16.9. The number of fused-ring (bicyclic) bond motifs is 7. The molecule has 47 heavy (non-hydrogen) atoms. The predicted octanol–water partition coefficient (Wildman–Crippen LogP) is 10.2. The van der Waals surface area contributed by atoms with Crippen LogP contribution >= 0.6 is 0 Å². The molecule has 0 fully saturated rings. The van der Waals surface area contributed by atoms with Crippen LogP contribution in [0.2, 0.25) is 13.1 Å². The Hall–Kier alpha value is -3.63. The Morgan fingerprint density at radius 2 is 1.43 bits per heavy atom. The summed E-state index contributed by atoms with van der Waals surface area (Å²) in [5.74, 6) is 0.547. The molecule has 1 aliphatic heterocycles. The fourth-order valence-corrected chi connectivity index (χ4v) is 10.3. The second-order valence-corrected chi connectivity index (χ2v) is 17.5. The number of benzene rings is 5. The summed E-state index contributed by atoms with van der Waals surface area (Å²) < 4.78 is 0. The predicted molar refractivity (Wildman–Crippen MR) is 199 cm³/mol. The topological polar surface area (TPSA) is 50.2 Å². The summed E-state index contributed by atoms with van der Waals surface area (Å²) in [6.07, 6.45) is 6.88. The van der Waals surface area contributed by atoms with Gasteiger partial charge in [0.15, 0.2) is 5.78 Å². The second kappa shape index (κ2) is 14.2. The molecule has 7 rings (SSSR count). The number of aliphatic hydroxyl groups excluding tert-OH is 1. The van der Waals surface area contributed by atoms with Crippen LogP contribution in [0.25, 0.3) is 54.3 Å². The Balaban J connectivity index is 0.000000234. The van der Waals surface area contributed by atoms with Crippen molar-refractivity contribution >= 4 is 67.3 Å². The summed E-state index contributed by atoms with van der Waals surface area (Å²) in [5.41, 5.74) is 2.30. The number of nitrogens with zero attached hydrogens (tertiary/aromatic N) is 1. The van der Waals surface area contributed by atoms with Crippen LogP contribution in [-0.2, 0) is 24.9 Å². The van der Waals surface area contributed by atoms with Gasteiger partial charge in [0.25, 0.3) is 0 Å². The molecule has 0 saturated carbocycles. The summed E-state index contributed by atoms with van der Waals surface area (Å²) in [6, 6.07) is 32.7. The molecule has 1 N–H and O–H groups in total. The van der Waals surface area contributed by atoms with E-state index in [1.807, 2.05) is 33.9 Å². The molecule has 243 valence electrons. The van der Waals surface area contributed by atoms with Crippen molar-refractivity contribution in [3.63, 3.8) is 0 Å². The maximum Gasteiger partial charge on any atom is 0.162 e. The maximum atomic E-state index is 11.7. The zero-order valence-corrected chi connectivity index (χ0v) is 31.7. The maximum absolute atomic E-state index is 11.7. The molecule has 0 bridgehead atoms. The summed E-state index contributed by atoms with van der Waals surface area (Å²) >= 11 is 0. The normalized spacial score (nSPS) is 13.5. The number of carbonyl (C=O) groups is 1. The molecule has 0 saturated heterocycles. The summed E-state index contributed by atoms with van der Waals surface area (Å²) in [5, 5.41) is 23.1. The summed E-state index contributed by atoms with van der Waals surface area (Å²) in [7, 11) is -1.96. The fraction of sp³-hybridized carbons (Fsp3) is 0.286. The molecule has 6 aromatic rings. The third-order valence-electron chi connectivity index (χ3n) is 10.2. The van der Waals surface area contributed by atoms with Crippen LogP contribution in [0.1, 0.15) is 53.4 Å². The molecule has 0 aliphatic carbocycles. The van der Waals surface area contributed by atoms with E-state index >= 15 is 0 Å². The standard InChI is InChI=1S/C29H20NSi.C13H24O2.Ir/c1-31(2)26-16-20-9-4-3-8-19(20)15-25(26)29-28-23(13-14-30-29)22-12-11-18-7-5-6-10-21(18)24(22)17-27(28)31;1-5-10(6-2)12(14)9-13(15)11(7-3)8-4;/h3-14,16-17H,1-2H3;9-11,14H,5-8H2,1-4H3;/q-1;;/b;12-9-;. The minimum atomic E-state index is -1.96. The van der Waals surface area contributed by atoms with Crippen LogP contribution in [0, 0.1) is 17.9 Å². The molecule has 2 heterocycles. The molecule has 1 aliphatic rings. The van der Waals surface area contributed by atoms with Gasteiger partial charge in [0, 0.05) is 49.9 Å². The van der Waals surface area contributed by atoms with Gasteiger partial charge in [-0.3, -0.25) is 9.78 Å². The van der Waals surface area contributed by atoms with Gasteiger partial charge < -0.3 is 5.11 Å². The van der Waals surface area contributed by atoms with E-state index in [1.54, 1.807) is 0 Å². The Kier molecular flexibility index (Phi) is 10.5. The smallest absolute Gasteiger partial charge is 0.162 e. The Morgan fingerprint density at radius 3 is 2.13 bits per heavy atom. The molecular weight excluding hydrogens is 771 g/mol. The van der Waals surface area contributed by atoms with Crippen molar-refractivity contribution in [3.05, 3.63) is 103 Å². The van der Waals surface area contributed by atoms with Gasteiger partial charge in [0.1, 0.15) is 0 Å². The van der Waals surface area contributed by atoms with Gasteiger partial charge in [0.05, 0.1) is 13.8 Å². The van der Waals surface area contributed by atoms with Crippen molar-refractivity contribution in [3.8, 4) is 11.3 Å². The van der Waals surface area contributed by atoms with E-state index in [4.69, 9.17) is 4.98 Å². The van der Waals surface area contributed by atoms with Gasteiger partial charge in [0.2, 0.25) is 0 Å². The van der Waals surface area contributed by atoms with Gasteiger partial charge in [-0.2, -0.15) is 0 Å². The van der Waals surface area contributed by atoms with Gasteiger partial charge in [-0.05, 0) is 64.1 Å². The van der Waals surface area contributed by atoms with Crippen LogP contribution in [0.5, 0.6) is 0 Å². The van der Waals surface area contributed by atoms with E-state index in [2.05, 4.69) is 98.0 Å². The second-order valence-electron chi connectivity index (χ2n) is 13.2. The molecular formula is C42H44IrNO2Si-. The third kappa shape index (κ3) is 6.22. The van der Waals surface area contributed by atoms with Crippen LogP contribution in [0.15, 0.2) is 96.9 Å². The van der Waals surface area contributed by atoms with E-state index < -0.39 is 8.07 Å². The van der Waals surface area contributed by atoms with E-state index in [9.17, 15) is 9.90 Å². The van der Waals surface area contributed by atoms with Crippen LogP contribution in [0.3, 0.4) is 0 Å². The molecule has 5 heteroatoms. The third-order valence-corrected chi connectivity index (χ3v) is 13.7. The first-order valence-corrected chi connectivity index (χ1v) is 19.9. The number of aromatic nitrogens is 1. The number of ketones is 1. The molecule has 0 amide bonds. The average molecular weight is 815 g/mol. The number of hydrogen-bond donors (Lipinski definition) is 1. The first-order chi connectivity index (χ1) is 22.2. The molecule has 3 nitrogen and oxygen atoms in total. The SMILES string of the molecule is CCC(CC)C(=O)/C=C(\O)C(CC)CC.C[Si]1(C)c2cc3ccccc3[c-]c2-c2nccc3c2c1cc1c2ccccc2ccc31.[Ir]. The molecule has 0 spiro atoms. The number of carbonyl (C=O) groups excluding carboxylic acids is 1. The molecule has 1 radical (unpaired) electrons. The van der Waals surface area contributed by atoms with Crippen LogP contribution in [-0.4, -0.2) is 23.9 Å². The summed E-state index contributed by atoms with van der Waals surface area (Å²) in [4.78, 5) is 16.6. The number of pyridine rings is 1. The minimum absolute atomic E-state index is 0. The number of hydrogen-bond acceptors (Lipinski definition) is 3. The fourth-order valence-electron chi connectivity index (χ4n) is 7.31. The zero-order chi connectivity index (χ0) is 32.6. The van der Waals surface area contributed by atoms with Crippen LogP contribution < -0.4 is 10.4 Å². The van der Waals surface area contributed by atoms with Crippen molar-refractivity contribution < 1.29 is 30.0 Å². The molecule has 5 aromatic carbocycles. The Labute approximate surface area is 293 Å². The van der Waals surface area contributed by atoms with Crippen molar-refractivity contribution in [2.45, 2.75) is 66.5 Å². The van der Waals surface area contributed by atoms with Crippen molar-refractivity contribution in [2.24, 2.45) is 11.8 Å². The molecule has 1 aromatic heterocycles. The summed E-state index contributed by atoms with van der Waals surface area (Å²) in [6.45, 7) is 13.0. The van der Waals surface area contributed by atoms with Crippen LogP contribution in [0.4, 0.5) is 0 Å². The monoisotopic (exact) mass is 815 g/mol. The van der Waals surface area contributed by atoms with Gasteiger partial charge >= 0.3 is 0 Å². The quantitative estimate of drug-likeness (QED) is 0.0574. The van der Waals surface area contributed by atoms with Gasteiger partial charge in [-0.15, -0.1) is 28.8 Å². The number of rotatable bonds is 7. The minimum Gasteiger partial charge on any atom is -0.512 e. The number of allylic oxidation sites excluding steroid dienone is 2.